The molecule has 0 fully saturated rings. The van der Waals surface area contributed by atoms with Crippen molar-refractivity contribution in [2.75, 3.05) is 12.8 Å². The molecule has 43 heavy (non-hydrogen) atoms. The van der Waals surface area contributed by atoms with Gasteiger partial charge in [-0.25, -0.2) is 4.98 Å². The molecule has 0 aliphatic rings. The van der Waals surface area contributed by atoms with Crippen LogP contribution in [0.15, 0.2) is 89.5 Å². The maximum Gasteiger partial charge on any atom is 0.573 e. The number of carbonyl (C=O) groups excluding carboxylic acids is 1. The molecule has 9 nitrogen and oxygen atoms in total. The van der Waals surface area contributed by atoms with E-state index in [-0.39, 0.29) is 21.9 Å². The second-order valence-electron chi connectivity index (χ2n) is 9.18. The summed E-state index contributed by atoms with van der Waals surface area (Å²) in [5.41, 5.74) is 9.53. The highest BCUT2D eigenvalue weighted by Gasteiger charge is 2.37. The molecular weight excluding hydrogens is 585 g/mol. The number of hydrogen-bond donors (Lipinski definition) is 2. The molecule has 216 valence electrons. The van der Waals surface area contributed by atoms with Gasteiger partial charge in [-0.1, -0.05) is 30.3 Å². The van der Waals surface area contributed by atoms with Crippen molar-refractivity contribution in [3.63, 3.8) is 0 Å². The van der Waals surface area contributed by atoms with Gasteiger partial charge in [0.1, 0.15) is 21.2 Å². The summed E-state index contributed by atoms with van der Waals surface area (Å²) in [5.74, 6) is -1.31. The first-order valence-electron chi connectivity index (χ1n) is 12.6. The lowest BCUT2D eigenvalue weighted by molar-refractivity contribution is -0.672. The summed E-state index contributed by atoms with van der Waals surface area (Å²) >= 11 is 1.03. The molecule has 0 aliphatic heterocycles. The monoisotopic (exact) mass is 605 g/mol. The minimum atomic E-state index is -4.87. The van der Waals surface area contributed by atoms with E-state index in [1.54, 1.807) is 7.11 Å². The van der Waals surface area contributed by atoms with E-state index in [1.165, 1.54) is 12.1 Å². The second-order valence-corrected chi connectivity index (χ2v) is 10.2. The Morgan fingerprint density at radius 2 is 1.65 bits per heavy atom. The fourth-order valence-electron chi connectivity index (χ4n) is 4.56. The van der Waals surface area contributed by atoms with Crippen molar-refractivity contribution in [1.82, 2.24) is 10.3 Å². The number of carbonyl (C=O) groups is 1. The molecule has 0 bridgehead atoms. The number of nitrogens with two attached hydrogens (primary N) is 1. The molecule has 3 aromatic heterocycles. The standard InChI is InChI=1S/C30H19F3N4O5S/c1-40-19-11-7-17(8-12-19)22-15-21(16-5-3-2-4-6-16)23-24(34)27(43-28(23)35-22)26(38)25-29(39)42-36-37(25)18-9-13-20(14-10-18)41-30(31,32)33/h2-15H,1H3,(H2-,34,36,38,39)/p+1. The number of ether oxygens (including phenoxy) is 2. The van der Waals surface area contributed by atoms with Crippen molar-refractivity contribution in [2.24, 2.45) is 0 Å². The van der Waals surface area contributed by atoms with E-state index in [0.29, 0.717) is 21.7 Å². The number of rotatable bonds is 7. The first-order chi connectivity index (χ1) is 20.6. The number of halogens is 3. The zero-order valence-electron chi connectivity index (χ0n) is 22.1. The number of nitrogen functional groups attached to an aromatic ring is 1. The van der Waals surface area contributed by atoms with Gasteiger partial charge >= 0.3 is 18.0 Å². The van der Waals surface area contributed by atoms with E-state index in [1.807, 2.05) is 60.7 Å². The highest BCUT2D eigenvalue weighted by Crippen LogP contribution is 2.42. The zero-order chi connectivity index (χ0) is 30.3. The predicted octanol–water partition coefficient (Wildman–Crippen LogP) is 6.32. The molecule has 0 radical (unpaired) electrons. The minimum absolute atomic E-state index is 0.0656. The number of pyridine rings is 1. The van der Waals surface area contributed by atoms with Crippen LogP contribution >= 0.6 is 11.3 Å². The lowest BCUT2D eigenvalue weighted by Gasteiger charge is -2.09. The summed E-state index contributed by atoms with van der Waals surface area (Å²) in [6.07, 6.45) is -4.87. The number of fused-ring (bicyclic) bond motifs is 1. The van der Waals surface area contributed by atoms with E-state index in [2.05, 4.69) is 10.0 Å². The van der Waals surface area contributed by atoms with Gasteiger partial charge in [0.25, 0.3) is 5.78 Å². The van der Waals surface area contributed by atoms with Crippen molar-refractivity contribution in [2.45, 2.75) is 6.36 Å². The topological polar surface area (TPSA) is 125 Å². The van der Waals surface area contributed by atoms with Gasteiger partial charge in [-0.15, -0.1) is 24.5 Å². The molecular formula is C30H20F3N4O5S+. The van der Waals surface area contributed by atoms with Crippen LogP contribution in [0.1, 0.15) is 15.4 Å². The number of nitrogens with zero attached hydrogens (tertiary/aromatic N) is 3. The van der Waals surface area contributed by atoms with Gasteiger partial charge in [-0.2, -0.15) is 0 Å². The summed E-state index contributed by atoms with van der Waals surface area (Å²) in [6.45, 7) is 0. The number of thiophene rings is 1. The van der Waals surface area contributed by atoms with Gasteiger partial charge in [0, 0.05) is 27.8 Å². The maximum atomic E-state index is 13.9. The van der Waals surface area contributed by atoms with Crippen LogP contribution in [0.25, 0.3) is 38.3 Å². The molecule has 3 heterocycles. The molecule has 3 N–H and O–H groups in total. The van der Waals surface area contributed by atoms with Gasteiger partial charge in [0.2, 0.25) is 11.0 Å². The third-order valence-electron chi connectivity index (χ3n) is 6.53. The van der Waals surface area contributed by atoms with Crippen molar-refractivity contribution in [3.05, 3.63) is 95.5 Å². The van der Waals surface area contributed by atoms with Crippen LogP contribution in [-0.4, -0.2) is 34.6 Å². The zero-order valence-corrected chi connectivity index (χ0v) is 22.9. The highest BCUT2D eigenvalue weighted by atomic mass is 32.1. The third-order valence-corrected chi connectivity index (χ3v) is 7.63. The maximum absolute atomic E-state index is 13.9. The summed E-state index contributed by atoms with van der Waals surface area (Å²) in [4.78, 5) is 19.2. The molecule has 0 aliphatic carbocycles. The number of alkyl halides is 3. The molecule has 13 heteroatoms. The Kier molecular flexibility index (Phi) is 6.94. The molecule has 0 amide bonds. The van der Waals surface area contributed by atoms with E-state index in [0.717, 1.165) is 44.8 Å². The fourth-order valence-corrected chi connectivity index (χ4v) is 5.63. The molecule has 0 saturated carbocycles. The number of ketones is 1. The van der Waals surface area contributed by atoms with Crippen molar-refractivity contribution < 1.29 is 41.8 Å². The number of aromatic nitrogens is 3. The smallest absolute Gasteiger partial charge is 0.497 e. The Hall–Kier alpha value is -5.43. The van der Waals surface area contributed by atoms with Crippen LogP contribution in [0.4, 0.5) is 18.9 Å². The normalized spacial score (nSPS) is 11.5. The van der Waals surface area contributed by atoms with Gasteiger partial charge in [0.15, 0.2) is 0 Å². The van der Waals surface area contributed by atoms with E-state index in [9.17, 15) is 23.1 Å². The molecule has 0 spiro atoms. The number of methoxy groups -OCH3 is 1. The van der Waals surface area contributed by atoms with Crippen molar-refractivity contribution >= 4 is 33.0 Å². The Bertz CT molecular complexity index is 1960. The fraction of sp³-hybridized carbons (Fsp3) is 0.0667. The van der Waals surface area contributed by atoms with Gasteiger partial charge < -0.3 is 20.3 Å². The molecule has 3 aromatic carbocycles. The van der Waals surface area contributed by atoms with E-state index < -0.39 is 23.8 Å². The summed E-state index contributed by atoms with van der Waals surface area (Å²) in [6, 6.07) is 23.3. The first-order valence-corrected chi connectivity index (χ1v) is 13.4. The van der Waals surface area contributed by atoms with Crippen LogP contribution in [0.3, 0.4) is 0 Å². The number of aromatic hydroxyl groups is 1. The second kappa shape index (κ2) is 10.8. The SMILES string of the molecule is COc1ccc(-c2cc(-c3ccccc3)c3c(N)c(C(=O)c4c(O)on[n+]4-c4ccc(OC(F)(F)F)cc4)sc3n2)cc1. The number of anilines is 1. The summed E-state index contributed by atoms with van der Waals surface area (Å²) in [5, 5.41) is 14.7. The summed E-state index contributed by atoms with van der Waals surface area (Å²) in [7, 11) is 1.58. The number of hydrogen-bond acceptors (Lipinski definition) is 9. The minimum Gasteiger partial charge on any atom is -0.497 e. The third kappa shape index (κ3) is 5.33. The van der Waals surface area contributed by atoms with Crippen LogP contribution in [-0.2, 0) is 0 Å². The molecule has 6 rings (SSSR count). The van der Waals surface area contributed by atoms with Gasteiger partial charge in [-0.3, -0.25) is 9.32 Å². The van der Waals surface area contributed by atoms with Crippen molar-refractivity contribution in [3.8, 4) is 45.5 Å². The first kappa shape index (κ1) is 27.7. The largest absolute Gasteiger partial charge is 0.573 e. The molecule has 0 saturated heterocycles. The highest BCUT2D eigenvalue weighted by molar-refractivity contribution is 7.21. The van der Waals surface area contributed by atoms with Crippen LogP contribution in [0.5, 0.6) is 17.4 Å². The Balaban J connectivity index is 1.47. The number of benzene rings is 3. The van der Waals surface area contributed by atoms with E-state index in [4.69, 9.17) is 20.0 Å². The van der Waals surface area contributed by atoms with Crippen LogP contribution in [0.2, 0.25) is 0 Å². The quantitative estimate of drug-likeness (QED) is 0.160. The molecule has 6 aromatic rings. The van der Waals surface area contributed by atoms with Gasteiger partial charge in [-0.05, 0) is 53.6 Å². The van der Waals surface area contributed by atoms with Crippen LogP contribution in [0, 0.1) is 0 Å². The molecule has 0 unspecified atom stereocenters. The lowest BCUT2D eigenvalue weighted by Crippen LogP contribution is -2.38. The van der Waals surface area contributed by atoms with Gasteiger partial charge in [0.05, 0.1) is 18.5 Å². The van der Waals surface area contributed by atoms with Crippen molar-refractivity contribution in [1.29, 1.82) is 0 Å². The predicted molar refractivity (Wildman–Crippen MR) is 151 cm³/mol. The summed E-state index contributed by atoms with van der Waals surface area (Å²) < 4.78 is 52.8. The Morgan fingerprint density at radius 1 is 0.977 bits per heavy atom. The Labute approximate surface area is 245 Å². The lowest BCUT2D eigenvalue weighted by atomic mass is 9.99. The van der Waals surface area contributed by atoms with Crippen LogP contribution < -0.4 is 19.9 Å². The molecule has 0 atom stereocenters. The average Bonchev–Trinajstić information content (AvgIpc) is 3.56. The Morgan fingerprint density at radius 3 is 2.30 bits per heavy atom. The average molecular weight is 606 g/mol. The van der Waals surface area contributed by atoms with E-state index >= 15 is 0 Å².